The molecule has 6 rings (SSSR count). The van der Waals surface area contributed by atoms with E-state index >= 15 is 0 Å². The minimum Gasteiger partial charge on any atom is -0.361 e. The summed E-state index contributed by atoms with van der Waals surface area (Å²) in [6.07, 6.45) is 4.49. The van der Waals surface area contributed by atoms with Crippen LogP contribution in [0.3, 0.4) is 0 Å². The van der Waals surface area contributed by atoms with Crippen molar-refractivity contribution in [1.29, 1.82) is 0 Å². The highest BCUT2D eigenvalue weighted by atomic mass is 36.0. The summed E-state index contributed by atoms with van der Waals surface area (Å²) in [5, 5.41) is 0.764. The Balaban J connectivity index is 0.000000166. The predicted molar refractivity (Wildman–Crippen MR) is 178 cm³/mol. The highest BCUT2D eigenvalue weighted by Gasteiger charge is 2.16. The van der Waals surface area contributed by atoms with Crippen LogP contribution < -0.4 is 0 Å². The van der Waals surface area contributed by atoms with Gasteiger partial charge in [-0.2, -0.15) is 8.42 Å². The Morgan fingerprint density at radius 2 is 1.05 bits per heavy atom. The van der Waals surface area contributed by atoms with Gasteiger partial charge in [-0.1, -0.05) is 40.9 Å². The topological polar surface area (TPSA) is 153 Å². The Bertz CT molecular complexity index is 2040. The standard InChI is InChI=1S/C8H5Cl2NO2S.C8H6ClNO3S.C8H6ClN.Cl3OP/c9-5-1-2-6-7(3-5)11-4-8(6)14(10,12)13;9-5-1-2-6-7(3-5)10-4-8(6)14(11,12)13;9-7-2-1-6-3-4-10-8(6)5-7;1-5(2,3)4/h1-4,11H;1-4,10H,(H,11,12,13);1-5,10H;. The lowest BCUT2D eigenvalue weighted by Gasteiger charge is -1.94. The third kappa shape index (κ3) is 11.1. The molecule has 0 saturated heterocycles. The highest BCUT2D eigenvalue weighted by Crippen LogP contribution is 2.61. The van der Waals surface area contributed by atoms with Crippen molar-refractivity contribution in [3.05, 3.63) is 94.3 Å². The SMILES string of the molecule is Clc1ccc2cc[nH]c2c1.O=P(Cl)(Cl)Cl.O=S(=O)(Cl)c1c[nH]c2cc(Cl)ccc12.O=S(=O)(O)c1c[nH]c2cc(Cl)ccc12. The zero-order valence-corrected chi connectivity index (χ0v) is 28.7. The average molecular weight is 787 g/mol. The van der Waals surface area contributed by atoms with Gasteiger partial charge in [0.1, 0.15) is 9.79 Å². The number of nitrogens with one attached hydrogen (secondary N) is 3. The van der Waals surface area contributed by atoms with Crippen LogP contribution in [0.2, 0.25) is 15.1 Å². The second kappa shape index (κ2) is 14.7. The number of hydrogen-bond acceptors (Lipinski definition) is 5. The predicted octanol–water partition coefficient (Wildman–Crippen LogP) is 10.4. The number of halogens is 7. The van der Waals surface area contributed by atoms with Crippen molar-refractivity contribution in [1.82, 2.24) is 15.0 Å². The van der Waals surface area contributed by atoms with E-state index in [1.807, 2.05) is 30.5 Å². The summed E-state index contributed by atoms with van der Waals surface area (Å²) >= 11 is 31.1. The van der Waals surface area contributed by atoms with Crippen molar-refractivity contribution in [3.63, 3.8) is 0 Å². The van der Waals surface area contributed by atoms with Gasteiger partial charge >= 0.3 is 5.20 Å². The summed E-state index contributed by atoms with van der Waals surface area (Å²) in [6.45, 7) is 0. The van der Waals surface area contributed by atoms with Crippen molar-refractivity contribution in [2.45, 2.75) is 9.79 Å². The molecule has 3 aromatic carbocycles. The van der Waals surface area contributed by atoms with Crippen molar-refractivity contribution < 1.29 is 26.0 Å². The molecule has 0 fully saturated rings. The first-order valence-electron chi connectivity index (χ1n) is 11.2. The van der Waals surface area contributed by atoms with Crippen LogP contribution in [-0.4, -0.2) is 36.3 Å². The summed E-state index contributed by atoms with van der Waals surface area (Å²) in [4.78, 5) is 8.52. The largest absolute Gasteiger partial charge is 0.361 e. The summed E-state index contributed by atoms with van der Waals surface area (Å²) in [5.74, 6) is 0. The Morgan fingerprint density at radius 3 is 1.51 bits per heavy atom. The molecule has 0 aliphatic heterocycles. The second-order valence-electron chi connectivity index (χ2n) is 8.21. The molecule has 230 valence electrons. The zero-order chi connectivity index (χ0) is 32.2. The quantitative estimate of drug-likeness (QED) is 0.0779. The average Bonchev–Trinajstić information content (AvgIpc) is 3.60. The molecule has 0 amide bonds. The van der Waals surface area contributed by atoms with Gasteiger partial charge in [0.15, 0.2) is 0 Å². The van der Waals surface area contributed by atoms with Crippen LogP contribution in [0.4, 0.5) is 0 Å². The van der Waals surface area contributed by atoms with Crippen LogP contribution in [0.25, 0.3) is 32.7 Å². The zero-order valence-electron chi connectivity index (χ0n) is 20.9. The molecule has 0 saturated carbocycles. The van der Waals surface area contributed by atoms with E-state index in [2.05, 4.69) is 48.7 Å². The molecule has 0 unspecified atom stereocenters. The van der Waals surface area contributed by atoms with E-state index in [0.29, 0.717) is 31.9 Å². The molecule has 43 heavy (non-hydrogen) atoms. The number of hydrogen-bond donors (Lipinski definition) is 4. The van der Waals surface area contributed by atoms with Gasteiger partial charge in [0.25, 0.3) is 19.2 Å². The Morgan fingerprint density at radius 1 is 0.628 bits per heavy atom. The number of rotatable bonds is 2. The summed E-state index contributed by atoms with van der Waals surface area (Å²) in [6, 6.07) is 17.4. The molecule has 0 bridgehead atoms. The smallest absolute Gasteiger partial charge is 0.339 e. The first-order chi connectivity index (χ1) is 19.8. The molecule has 3 aromatic heterocycles. The summed E-state index contributed by atoms with van der Waals surface area (Å²) in [7, 11) is -2.64. The van der Waals surface area contributed by atoms with Gasteiger partial charge in [-0.15, -0.1) is 0 Å². The van der Waals surface area contributed by atoms with E-state index in [9.17, 15) is 21.4 Å². The van der Waals surface area contributed by atoms with E-state index in [0.717, 1.165) is 10.5 Å². The van der Waals surface area contributed by atoms with Crippen LogP contribution in [0, 0.1) is 0 Å². The molecule has 19 heteroatoms. The minimum atomic E-state index is -4.17. The number of benzene rings is 3. The highest BCUT2D eigenvalue weighted by molar-refractivity contribution is 8.24. The lowest BCUT2D eigenvalue weighted by molar-refractivity contribution is 0.484. The first kappa shape index (κ1) is 35.9. The van der Waals surface area contributed by atoms with Crippen molar-refractivity contribution in [2.24, 2.45) is 0 Å². The van der Waals surface area contributed by atoms with Crippen molar-refractivity contribution in [2.75, 3.05) is 0 Å². The molecule has 9 nitrogen and oxygen atoms in total. The molecule has 0 aliphatic carbocycles. The fraction of sp³-hybridized carbons (Fsp3) is 0. The van der Waals surface area contributed by atoms with E-state index in [1.165, 1.54) is 23.8 Å². The van der Waals surface area contributed by atoms with Gasteiger partial charge in [-0.25, -0.2) is 8.42 Å². The Hall–Kier alpha value is -1.60. The molecule has 0 aliphatic rings. The maximum Gasteiger partial charge on any atom is 0.339 e. The Labute approximate surface area is 279 Å². The van der Waals surface area contributed by atoms with Crippen LogP contribution in [0.15, 0.2) is 89.0 Å². The monoisotopic (exact) mass is 783 g/mol. The molecule has 3 heterocycles. The van der Waals surface area contributed by atoms with E-state index in [1.54, 1.807) is 30.3 Å². The lowest BCUT2D eigenvalue weighted by atomic mass is 10.2. The number of fused-ring (bicyclic) bond motifs is 3. The van der Waals surface area contributed by atoms with Gasteiger partial charge in [0, 0.05) is 71.7 Å². The molecular formula is C24H17Cl7N3O6PS2. The van der Waals surface area contributed by atoms with E-state index in [4.69, 9.17) is 50.0 Å². The van der Waals surface area contributed by atoms with Crippen LogP contribution >= 0.6 is 84.4 Å². The third-order valence-electron chi connectivity index (χ3n) is 5.27. The fourth-order valence-corrected chi connectivity index (χ4v) is 5.78. The first-order valence-corrected chi connectivity index (χ1v) is 20.5. The molecular weight excluding hydrogens is 770 g/mol. The normalized spacial score (nSPS) is 11.7. The van der Waals surface area contributed by atoms with Gasteiger partial charge < -0.3 is 15.0 Å². The lowest BCUT2D eigenvalue weighted by Crippen LogP contribution is -1.95. The Kier molecular flexibility index (Phi) is 12.2. The number of aromatic nitrogens is 3. The summed E-state index contributed by atoms with van der Waals surface area (Å²) < 4.78 is 62.4. The van der Waals surface area contributed by atoms with Gasteiger partial charge in [-0.3, -0.25) is 9.12 Å². The summed E-state index contributed by atoms with van der Waals surface area (Å²) in [5.41, 5.74) is 2.31. The van der Waals surface area contributed by atoms with Crippen LogP contribution in [0.5, 0.6) is 0 Å². The third-order valence-corrected chi connectivity index (χ3v) is 8.23. The van der Waals surface area contributed by atoms with Crippen molar-refractivity contribution >= 4 is 136 Å². The fourth-order valence-electron chi connectivity index (χ4n) is 3.58. The molecule has 4 N–H and O–H groups in total. The number of H-pyrrole nitrogens is 3. The number of aromatic amines is 3. The molecule has 0 spiro atoms. The molecule has 0 radical (unpaired) electrons. The minimum absolute atomic E-state index is 0.0748. The van der Waals surface area contributed by atoms with Crippen LogP contribution in [0.1, 0.15) is 0 Å². The van der Waals surface area contributed by atoms with Crippen molar-refractivity contribution in [3.8, 4) is 0 Å². The molecule has 6 aromatic rings. The van der Waals surface area contributed by atoms with E-state index in [-0.39, 0.29) is 9.79 Å². The molecule has 0 atom stereocenters. The second-order valence-corrected chi connectivity index (χ2v) is 20.1. The maximum atomic E-state index is 11.1. The van der Waals surface area contributed by atoms with Gasteiger partial charge in [0.05, 0.1) is 0 Å². The van der Waals surface area contributed by atoms with Gasteiger partial charge in [-0.05, 0) is 93.7 Å². The van der Waals surface area contributed by atoms with Crippen LogP contribution in [-0.2, 0) is 23.7 Å². The maximum absolute atomic E-state index is 11.1. The van der Waals surface area contributed by atoms with E-state index < -0.39 is 24.4 Å². The van der Waals surface area contributed by atoms with Gasteiger partial charge in [0.2, 0.25) is 0 Å².